The van der Waals surface area contributed by atoms with Crippen LogP contribution in [0.25, 0.3) is 28.0 Å². The van der Waals surface area contributed by atoms with Crippen LogP contribution in [-0.4, -0.2) is 58.1 Å². The highest BCUT2D eigenvalue weighted by atomic mass is 32.2. The van der Waals surface area contributed by atoms with E-state index in [0.29, 0.717) is 38.4 Å². The Kier molecular flexibility index (Phi) is 7.08. The summed E-state index contributed by atoms with van der Waals surface area (Å²) in [6.07, 6.45) is 2.04. The largest absolute Gasteiger partial charge is 0.301 e. The smallest absolute Gasteiger partial charge is 0.269 e. The van der Waals surface area contributed by atoms with Crippen LogP contribution in [0.3, 0.4) is 0 Å². The number of pyridine rings is 1. The van der Waals surface area contributed by atoms with Crippen molar-refractivity contribution in [1.82, 2.24) is 18.6 Å². The molecule has 1 aliphatic rings. The lowest BCUT2D eigenvalue weighted by Gasteiger charge is -2.34. The summed E-state index contributed by atoms with van der Waals surface area (Å²) < 4.78 is 43.0. The van der Waals surface area contributed by atoms with Gasteiger partial charge in [0.1, 0.15) is 11.5 Å². The van der Waals surface area contributed by atoms with Crippen molar-refractivity contribution in [2.24, 2.45) is 0 Å². The van der Waals surface area contributed by atoms with Gasteiger partial charge >= 0.3 is 0 Å². The summed E-state index contributed by atoms with van der Waals surface area (Å²) in [5.74, 6) is -0.485. The topological polar surface area (TPSA) is 101 Å². The molecule has 2 aromatic heterocycles. The number of piperazine rings is 1. The van der Waals surface area contributed by atoms with Gasteiger partial charge in [0.2, 0.25) is 10.0 Å². The van der Waals surface area contributed by atoms with Crippen molar-refractivity contribution < 1.29 is 17.7 Å². The lowest BCUT2D eigenvalue weighted by atomic mass is 10.1. The van der Waals surface area contributed by atoms with Gasteiger partial charge in [0, 0.05) is 56.6 Å². The summed E-state index contributed by atoms with van der Waals surface area (Å²) in [6, 6.07) is 25.2. The number of fused-ring (bicyclic) bond motifs is 1. The molecule has 6 rings (SSSR count). The van der Waals surface area contributed by atoms with Crippen LogP contribution in [0.4, 0.5) is 10.1 Å². The Morgan fingerprint density at radius 2 is 1.46 bits per heavy atom. The fourth-order valence-electron chi connectivity index (χ4n) is 5.11. The van der Waals surface area contributed by atoms with Gasteiger partial charge in [-0.1, -0.05) is 30.3 Å². The number of nitro benzene ring substituents is 1. The molecule has 0 spiro atoms. The molecule has 208 valence electrons. The number of hydrogen-bond donors (Lipinski definition) is 0. The van der Waals surface area contributed by atoms with Crippen molar-refractivity contribution in [2.75, 3.05) is 26.2 Å². The van der Waals surface area contributed by atoms with Crippen LogP contribution in [-0.2, 0) is 16.6 Å². The summed E-state index contributed by atoms with van der Waals surface area (Å²) in [5.41, 5.74) is 5.20. The van der Waals surface area contributed by atoms with E-state index in [1.165, 1.54) is 28.6 Å². The van der Waals surface area contributed by atoms with Gasteiger partial charge in [-0.3, -0.25) is 15.0 Å². The van der Waals surface area contributed by atoms with Gasteiger partial charge < -0.3 is 4.40 Å². The summed E-state index contributed by atoms with van der Waals surface area (Å²) >= 11 is 0. The van der Waals surface area contributed by atoms with E-state index in [1.807, 2.05) is 53.1 Å². The van der Waals surface area contributed by atoms with E-state index >= 15 is 0 Å². The molecule has 41 heavy (non-hydrogen) atoms. The van der Waals surface area contributed by atoms with E-state index in [4.69, 9.17) is 4.98 Å². The number of benzene rings is 3. The second-order valence-electron chi connectivity index (χ2n) is 9.86. The van der Waals surface area contributed by atoms with Gasteiger partial charge in [-0.15, -0.1) is 0 Å². The van der Waals surface area contributed by atoms with Crippen molar-refractivity contribution in [3.05, 3.63) is 119 Å². The molecule has 5 aromatic rings. The quantitative estimate of drug-likeness (QED) is 0.196. The number of hydrogen-bond acceptors (Lipinski definition) is 6. The Labute approximate surface area is 236 Å². The molecule has 1 aliphatic heterocycles. The molecule has 0 radical (unpaired) electrons. The Morgan fingerprint density at radius 3 is 2.12 bits per heavy atom. The molecule has 1 saturated heterocycles. The monoisotopic (exact) mass is 571 g/mol. The van der Waals surface area contributed by atoms with E-state index in [1.54, 1.807) is 12.1 Å². The zero-order valence-electron chi connectivity index (χ0n) is 21.9. The van der Waals surface area contributed by atoms with Gasteiger partial charge in [0.05, 0.1) is 21.2 Å². The molecule has 0 N–H and O–H groups in total. The second kappa shape index (κ2) is 10.8. The van der Waals surface area contributed by atoms with Gasteiger partial charge in [0.25, 0.3) is 5.69 Å². The average molecular weight is 572 g/mol. The molecule has 1 fully saturated rings. The lowest BCUT2D eigenvalue weighted by Crippen LogP contribution is -2.48. The van der Waals surface area contributed by atoms with Crippen LogP contribution in [0.15, 0.2) is 102 Å². The number of nitrogens with zero attached hydrogens (tertiary/aromatic N) is 5. The minimum atomic E-state index is -3.73. The van der Waals surface area contributed by atoms with Crippen LogP contribution in [0, 0.1) is 15.9 Å². The molecule has 9 nitrogen and oxygen atoms in total. The third-order valence-corrected chi connectivity index (χ3v) is 9.25. The number of sulfonamides is 1. The Hall–Kier alpha value is -4.45. The van der Waals surface area contributed by atoms with Crippen LogP contribution in [0.1, 0.15) is 5.69 Å². The van der Waals surface area contributed by atoms with E-state index in [-0.39, 0.29) is 10.6 Å². The summed E-state index contributed by atoms with van der Waals surface area (Å²) in [4.78, 5) is 17.9. The first-order chi connectivity index (χ1) is 19.8. The molecule has 3 aromatic carbocycles. The normalized spacial score (nSPS) is 14.9. The Morgan fingerprint density at radius 1 is 0.805 bits per heavy atom. The first-order valence-corrected chi connectivity index (χ1v) is 14.5. The molecule has 0 aliphatic carbocycles. The maximum atomic E-state index is 13.3. The highest BCUT2D eigenvalue weighted by Crippen LogP contribution is 2.30. The molecule has 0 atom stereocenters. The summed E-state index contributed by atoms with van der Waals surface area (Å²) in [7, 11) is -3.73. The lowest BCUT2D eigenvalue weighted by molar-refractivity contribution is -0.384. The van der Waals surface area contributed by atoms with Crippen molar-refractivity contribution in [3.63, 3.8) is 0 Å². The molecule has 0 saturated carbocycles. The number of nitro groups is 1. The zero-order chi connectivity index (χ0) is 28.6. The number of halogens is 1. The highest BCUT2D eigenvalue weighted by Gasteiger charge is 2.29. The molecular weight excluding hydrogens is 545 g/mol. The molecule has 0 unspecified atom stereocenters. The number of rotatable bonds is 7. The Bertz CT molecular complexity index is 1820. The maximum Gasteiger partial charge on any atom is 0.269 e. The number of non-ortho nitro benzene ring substituents is 1. The predicted octanol–water partition coefficient (Wildman–Crippen LogP) is 5.22. The van der Waals surface area contributed by atoms with E-state index in [2.05, 4.69) is 4.90 Å². The van der Waals surface area contributed by atoms with Gasteiger partial charge in [-0.2, -0.15) is 4.31 Å². The van der Waals surface area contributed by atoms with Crippen molar-refractivity contribution in [1.29, 1.82) is 0 Å². The third-order valence-electron chi connectivity index (χ3n) is 7.33. The Balaban J connectivity index is 1.31. The molecular formula is C30H26FN5O4S. The standard InChI is InChI=1S/C30H26FN5O4S/c31-25-9-13-27(14-10-25)41(39,40)34-18-16-33(17-19-34)21-28-30(23-6-11-26(12-7-23)36(37)38)32-29-15-8-24(20-35(28)29)22-4-2-1-3-5-22/h1-15,20H,16-19,21H2. The predicted molar refractivity (Wildman–Crippen MR) is 153 cm³/mol. The highest BCUT2D eigenvalue weighted by molar-refractivity contribution is 7.89. The van der Waals surface area contributed by atoms with Gasteiger partial charge in [-0.25, -0.2) is 17.8 Å². The first-order valence-electron chi connectivity index (χ1n) is 13.1. The van der Waals surface area contributed by atoms with Crippen LogP contribution < -0.4 is 0 Å². The molecule has 0 bridgehead atoms. The summed E-state index contributed by atoms with van der Waals surface area (Å²) in [6.45, 7) is 2.06. The molecule has 11 heteroatoms. The zero-order valence-corrected chi connectivity index (χ0v) is 22.7. The van der Waals surface area contributed by atoms with Gasteiger partial charge in [-0.05, 0) is 59.7 Å². The summed E-state index contributed by atoms with van der Waals surface area (Å²) in [5, 5.41) is 11.2. The van der Waals surface area contributed by atoms with E-state index < -0.39 is 20.8 Å². The fraction of sp³-hybridized carbons (Fsp3) is 0.167. The van der Waals surface area contributed by atoms with Crippen LogP contribution in [0.2, 0.25) is 0 Å². The number of aromatic nitrogens is 2. The third kappa shape index (κ3) is 5.34. The molecule has 0 amide bonds. The number of imidazole rings is 1. The van der Waals surface area contributed by atoms with E-state index in [0.717, 1.165) is 40.2 Å². The van der Waals surface area contributed by atoms with Crippen molar-refractivity contribution in [3.8, 4) is 22.4 Å². The van der Waals surface area contributed by atoms with E-state index in [9.17, 15) is 22.9 Å². The minimum absolute atomic E-state index is 0.00362. The fourth-order valence-corrected chi connectivity index (χ4v) is 6.54. The van der Waals surface area contributed by atoms with Crippen molar-refractivity contribution in [2.45, 2.75) is 11.4 Å². The average Bonchev–Trinajstić information content (AvgIpc) is 3.35. The van der Waals surface area contributed by atoms with Crippen molar-refractivity contribution >= 4 is 21.4 Å². The van der Waals surface area contributed by atoms with Gasteiger partial charge in [0.15, 0.2) is 0 Å². The van der Waals surface area contributed by atoms with Crippen LogP contribution >= 0.6 is 0 Å². The van der Waals surface area contributed by atoms with Crippen LogP contribution in [0.5, 0.6) is 0 Å². The molecule has 3 heterocycles. The first kappa shape index (κ1) is 26.8. The SMILES string of the molecule is O=[N+]([O-])c1ccc(-c2nc3ccc(-c4ccccc4)cn3c2CN2CCN(S(=O)(=O)c3ccc(F)cc3)CC2)cc1. The minimum Gasteiger partial charge on any atom is -0.301 e. The second-order valence-corrected chi connectivity index (χ2v) is 11.8. The maximum absolute atomic E-state index is 13.3.